The van der Waals surface area contributed by atoms with Crippen LogP contribution in [0.5, 0.6) is 0 Å². The smallest absolute Gasteiger partial charge is 0.00668 e. The lowest BCUT2D eigenvalue weighted by molar-refractivity contribution is 0.257. The molecule has 17 heavy (non-hydrogen) atoms. The van der Waals surface area contributed by atoms with Gasteiger partial charge in [0, 0.05) is 6.04 Å². The molecule has 1 nitrogen and oxygen atoms in total. The molecule has 0 heterocycles. The number of nitrogens with one attached hydrogen (secondary N) is 1. The maximum absolute atomic E-state index is 3.49. The monoisotopic (exact) mass is 231 g/mol. The van der Waals surface area contributed by atoms with Gasteiger partial charge >= 0.3 is 0 Å². The molecule has 1 saturated carbocycles. The van der Waals surface area contributed by atoms with E-state index in [-0.39, 0.29) is 0 Å². The maximum Gasteiger partial charge on any atom is 0.00668 e. The van der Waals surface area contributed by atoms with Crippen LogP contribution in [0.25, 0.3) is 0 Å². The Morgan fingerprint density at radius 1 is 1.24 bits per heavy atom. The summed E-state index contributed by atoms with van der Waals surface area (Å²) in [5.41, 5.74) is 1.48. The van der Waals surface area contributed by atoms with Gasteiger partial charge in [0.05, 0.1) is 0 Å². The molecular weight excluding hydrogens is 206 g/mol. The molecule has 1 N–H and O–H groups in total. The van der Waals surface area contributed by atoms with Crippen LogP contribution in [-0.2, 0) is 6.42 Å². The van der Waals surface area contributed by atoms with Gasteiger partial charge in [0.1, 0.15) is 0 Å². The van der Waals surface area contributed by atoms with Crippen molar-refractivity contribution < 1.29 is 0 Å². The largest absolute Gasteiger partial charge is 0.317 e. The van der Waals surface area contributed by atoms with Gasteiger partial charge < -0.3 is 5.32 Å². The Labute approximate surface area is 106 Å². The van der Waals surface area contributed by atoms with Crippen LogP contribution in [-0.4, -0.2) is 13.1 Å². The van der Waals surface area contributed by atoms with E-state index in [1.54, 1.807) is 0 Å². The Balaban J connectivity index is 1.65. The average Bonchev–Trinajstić information content (AvgIpc) is 2.32. The second-order valence-corrected chi connectivity index (χ2v) is 5.40. The van der Waals surface area contributed by atoms with E-state index in [1.807, 2.05) is 0 Å². The van der Waals surface area contributed by atoms with Crippen LogP contribution in [0.1, 0.15) is 44.1 Å². The molecule has 0 bridgehead atoms. The van der Waals surface area contributed by atoms with Gasteiger partial charge in [-0.3, -0.25) is 0 Å². The fraction of sp³-hybridized carbons (Fsp3) is 0.625. The number of aryl methyl sites for hydroxylation is 1. The second kappa shape index (κ2) is 6.80. The third-order valence-electron chi connectivity index (χ3n) is 4.11. The lowest BCUT2D eigenvalue weighted by atomic mass is 9.80. The van der Waals surface area contributed by atoms with Gasteiger partial charge in [-0.15, -0.1) is 0 Å². The maximum atomic E-state index is 3.49. The summed E-state index contributed by atoms with van der Waals surface area (Å²) in [4.78, 5) is 0. The molecule has 1 heteroatoms. The van der Waals surface area contributed by atoms with E-state index in [1.165, 1.54) is 50.5 Å². The molecule has 0 amide bonds. The average molecular weight is 231 g/mol. The normalized spacial score (nSPS) is 17.7. The van der Waals surface area contributed by atoms with Crippen molar-refractivity contribution in [3.8, 4) is 0 Å². The number of hydrogen-bond donors (Lipinski definition) is 1. The van der Waals surface area contributed by atoms with Gasteiger partial charge in [-0.25, -0.2) is 0 Å². The lowest BCUT2D eigenvalue weighted by Crippen LogP contribution is -2.30. The highest BCUT2D eigenvalue weighted by molar-refractivity contribution is 5.14. The van der Waals surface area contributed by atoms with Gasteiger partial charge in [-0.2, -0.15) is 0 Å². The van der Waals surface area contributed by atoms with E-state index in [0.717, 1.165) is 12.0 Å². The zero-order chi connectivity index (χ0) is 11.9. The van der Waals surface area contributed by atoms with Crippen LogP contribution in [0.3, 0.4) is 0 Å². The summed E-state index contributed by atoms with van der Waals surface area (Å²) >= 11 is 0. The van der Waals surface area contributed by atoms with Crippen molar-refractivity contribution in [2.24, 2.45) is 5.92 Å². The highest BCUT2D eigenvalue weighted by Gasteiger charge is 2.20. The zero-order valence-electron chi connectivity index (χ0n) is 11.0. The molecule has 2 rings (SSSR count). The van der Waals surface area contributed by atoms with Gasteiger partial charge in [0.2, 0.25) is 0 Å². The van der Waals surface area contributed by atoms with E-state index in [9.17, 15) is 0 Å². The molecule has 1 atom stereocenters. The molecule has 1 aromatic rings. The molecule has 1 unspecified atom stereocenters. The Morgan fingerprint density at radius 2 is 2.00 bits per heavy atom. The van der Waals surface area contributed by atoms with E-state index >= 15 is 0 Å². The predicted molar refractivity (Wildman–Crippen MR) is 74.2 cm³/mol. The third-order valence-corrected chi connectivity index (χ3v) is 4.11. The molecular formula is C16H25N. The minimum atomic E-state index is 0.740. The zero-order valence-corrected chi connectivity index (χ0v) is 11.0. The van der Waals surface area contributed by atoms with Crippen LogP contribution < -0.4 is 5.32 Å². The Bertz CT molecular complexity index is 303. The van der Waals surface area contributed by atoms with Gasteiger partial charge in [-0.1, -0.05) is 49.6 Å². The molecule has 1 fully saturated rings. The van der Waals surface area contributed by atoms with Crippen molar-refractivity contribution in [3.63, 3.8) is 0 Å². The predicted octanol–water partition coefficient (Wildman–Crippen LogP) is 3.79. The van der Waals surface area contributed by atoms with Crippen LogP contribution in [0.4, 0.5) is 0 Å². The molecule has 1 aliphatic rings. The number of rotatable bonds is 7. The van der Waals surface area contributed by atoms with Crippen LogP contribution >= 0.6 is 0 Å². The standard InChI is InChI=1S/C16H25N/c1-17-16(13-15-10-5-11-15)12-6-9-14-7-3-2-4-8-14/h2-4,7-8,15-17H,5-6,9-13H2,1H3. The second-order valence-electron chi connectivity index (χ2n) is 5.40. The molecule has 0 radical (unpaired) electrons. The minimum Gasteiger partial charge on any atom is -0.317 e. The summed E-state index contributed by atoms with van der Waals surface area (Å²) < 4.78 is 0. The lowest BCUT2D eigenvalue weighted by Gasteiger charge is -2.29. The Hall–Kier alpha value is -0.820. The highest BCUT2D eigenvalue weighted by atomic mass is 14.9. The van der Waals surface area contributed by atoms with E-state index in [2.05, 4.69) is 42.7 Å². The molecule has 0 aliphatic heterocycles. The summed E-state index contributed by atoms with van der Waals surface area (Å²) in [7, 11) is 2.12. The molecule has 1 aliphatic carbocycles. The number of benzene rings is 1. The summed E-state index contributed by atoms with van der Waals surface area (Å²) in [5, 5.41) is 3.49. The topological polar surface area (TPSA) is 12.0 Å². The van der Waals surface area contributed by atoms with Crippen molar-refractivity contribution in [2.75, 3.05) is 7.05 Å². The van der Waals surface area contributed by atoms with Crippen molar-refractivity contribution >= 4 is 0 Å². The van der Waals surface area contributed by atoms with E-state index in [4.69, 9.17) is 0 Å². The quantitative estimate of drug-likeness (QED) is 0.753. The van der Waals surface area contributed by atoms with Crippen LogP contribution in [0.2, 0.25) is 0 Å². The van der Waals surface area contributed by atoms with Gasteiger partial charge in [0.15, 0.2) is 0 Å². The number of hydrogen-bond acceptors (Lipinski definition) is 1. The summed E-state index contributed by atoms with van der Waals surface area (Å²) in [6.45, 7) is 0. The first kappa shape index (κ1) is 12.6. The summed E-state index contributed by atoms with van der Waals surface area (Å²) in [5.74, 6) is 1.02. The molecule has 94 valence electrons. The Morgan fingerprint density at radius 3 is 2.59 bits per heavy atom. The van der Waals surface area contributed by atoms with Crippen molar-refractivity contribution in [1.29, 1.82) is 0 Å². The first-order chi connectivity index (χ1) is 8.38. The third kappa shape index (κ3) is 4.16. The summed E-state index contributed by atoms with van der Waals surface area (Å²) in [6.07, 6.45) is 9.65. The first-order valence-electron chi connectivity index (χ1n) is 7.09. The first-order valence-corrected chi connectivity index (χ1v) is 7.09. The van der Waals surface area contributed by atoms with Crippen LogP contribution in [0, 0.1) is 5.92 Å². The molecule has 0 aromatic heterocycles. The van der Waals surface area contributed by atoms with Crippen molar-refractivity contribution in [3.05, 3.63) is 35.9 Å². The fourth-order valence-electron chi connectivity index (χ4n) is 2.71. The van der Waals surface area contributed by atoms with Crippen molar-refractivity contribution in [1.82, 2.24) is 5.32 Å². The summed E-state index contributed by atoms with van der Waals surface area (Å²) in [6, 6.07) is 11.6. The highest BCUT2D eigenvalue weighted by Crippen LogP contribution is 2.31. The molecule has 1 aromatic carbocycles. The Kier molecular flexibility index (Phi) is 5.06. The fourth-order valence-corrected chi connectivity index (χ4v) is 2.71. The molecule has 0 spiro atoms. The van der Waals surface area contributed by atoms with Crippen LogP contribution in [0.15, 0.2) is 30.3 Å². The van der Waals surface area contributed by atoms with E-state index < -0.39 is 0 Å². The SMILES string of the molecule is CNC(CCCc1ccccc1)CC1CCC1. The minimum absolute atomic E-state index is 0.740. The van der Waals surface area contributed by atoms with Crippen molar-refractivity contribution in [2.45, 2.75) is 51.0 Å². The van der Waals surface area contributed by atoms with E-state index in [0.29, 0.717) is 0 Å². The van der Waals surface area contributed by atoms with Gasteiger partial charge in [-0.05, 0) is 44.2 Å². The van der Waals surface area contributed by atoms with Gasteiger partial charge in [0.25, 0.3) is 0 Å². The molecule has 0 saturated heterocycles.